The molecule has 3 unspecified atom stereocenters. The third-order valence-corrected chi connectivity index (χ3v) is 6.61. The SMILES string of the molecule is C1CC2(C1)CCNCC2C1CCC2(CNCCO2)C1. The van der Waals surface area contributed by atoms with Gasteiger partial charge in [0.15, 0.2) is 0 Å². The second-order valence-corrected chi connectivity index (χ2v) is 7.49. The van der Waals surface area contributed by atoms with E-state index in [1.807, 2.05) is 0 Å². The van der Waals surface area contributed by atoms with Crippen molar-refractivity contribution in [3.05, 3.63) is 0 Å². The molecule has 108 valence electrons. The van der Waals surface area contributed by atoms with Crippen molar-refractivity contribution in [1.82, 2.24) is 10.6 Å². The first kappa shape index (κ1) is 12.6. The minimum Gasteiger partial charge on any atom is -0.372 e. The number of hydrogen-bond acceptors (Lipinski definition) is 3. The molecule has 0 bridgehead atoms. The highest BCUT2D eigenvalue weighted by Crippen LogP contribution is 2.57. The van der Waals surface area contributed by atoms with Crippen molar-refractivity contribution in [3.63, 3.8) is 0 Å². The van der Waals surface area contributed by atoms with Gasteiger partial charge in [0.1, 0.15) is 0 Å². The molecule has 4 rings (SSSR count). The van der Waals surface area contributed by atoms with Crippen LogP contribution < -0.4 is 10.6 Å². The maximum atomic E-state index is 6.18. The number of nitrogens with one attached hydrogen (secondary N) is 2. The van der Waals surface area contributed by atoms with Gasteiger partial charge >= 0.3 is 0 Å². The Hall–Kier alpha value is -0.120. The van der Waals surface area contributed by atoms with Crippen molar-refractivity contribution >= 4 is 0 Å². The highest BCUT2D eigenvalue weighted by molar-refractivity contribution is 5.04. The van der Waals surface area contributed by atoms with E-state index >= 15 is 0 Å². The molecule has 0 aromatic carbocycles. The number of piperidine rings is 1. The molecule has 2 heterocycles. The van der Waals surface area contributed by atoms with Crippen LogP contribution in [0.15, 0.2) is 0 Å². The summed E-state index contributed by atoms with van der Waals surface area (Å²) in [5.74, 6) is 1.84. The molecule has 4 fully saturated rings. The second kappa shape index (κ2) is 4.71. The van der Waals surface area contributed by atoms with E-state index in [1.165, 1.54) is 58.0 Å². The van der Waals surface area contributed by atoms with Crippen LogP contribution in [0.4, 0.5) is 0 Å². The first-order valence-corrected chi connectivity index (χ1v) is 8.38. The average molecular weight is 264 g/mol. The lowest BCUT2D eigenvalue weighted by atomic mass is 9.54. The van der Waals surface area contributed by atoms with E-state index in [4.69, 9.17) is 4.74 Å². The number of hydrogen-bond donors (Lipinski definition) is 2. The maximum absolute atomic E-state index is 6.18. The van der Waals surface area contributed by atoms with E-state index in [2.05, 4.69) is 10.6 Å². The van der Waals surface area contributed by atoms with E-state index < -0.39 is 0 Å². The summed E-state index contributed by atoms with van der Waals surface area (Å²) in [7, 11) is 0. The van der Waals surface area contributed by atoms with Gasteiger partial charge in [-0.05, 0) is 68.9 Å². The fourth-order valence-corrected chi connectivity index (χ4v) is 5.39. The maximum Gasteiger partial charge on any atom is 0.0809 e. The van der Waals surface area contributed by atoms with Crippen molar-refractivity contribution in [2.24, 2.45) is 17.3 Å². The monoisotopic (exact) mass is 264 g/mol. The van der Waals surface area contributed by atoms with Crippen molar-refractivity contribution in [1.29, 1.82) is 0 Å². The van der Waals surface area contributed by atoms with Crippen LogP contribution in [0.1, 0.15) is 44.9 Å². The van der Waals surface area contributed by atoms with Crippen molar-refractivity contribution < 1.29 is 4.74 Å². The largest absolute Gasteiger partial charge is 0.372 e. The van der Waals surface area contributed by atoms with Gasteiger partial charge in [-0.25, -0.2) is 0 Å². The molecule has 3 atom stereocenters. The minimum atomic E-state index is 0.200. The normalized spacial score (nSPS) is 45.5. The zero-order chi connectivity index (χ0) is 12.8. The quantitative estimate of drug-likeness (QED) is 0.759. The van der Waals surface area contributed by atoms with Gasteiger partial charge in [-0.1, -0.05) is 6.42 Å². The molecule has 2 aliphatic carbocycles. The summed E-state index contributed by atoms with van der Waals surface area (Å²) in [5.41, 5.74) is 0.925. The first-order chi connectivity index (χ1) is 9.32. The summed E-state index contributed by atoms with van der Waals surface area (Å²) in [6.07, 6.45) is 9.91. The van der Waals surface area contributed by atoms with Gasteiger partial charge in [-0.2, -0.15) is 0 Å². The smallest absolute Gasteiger partial charge is 0.0809 e. The van der Waals surface area contributed by atoms with Crippen LogP contribution in [-0.4, -0.2) is 38.4 Å². The molecule has 2 N–H and O–H groups in total. The lowest BCUT2D eigenvalue weighted by molar-refractivity contribution is -0.0726. The van der Waals surface area contributed by atoms with E-state index in [-0.39, 0.29) is 5.60 Å². The van der Waals surface area contributed by atoms with Crippen LogP contribution in [0.3, 0.4) is 0 Å². The number of ether oxygens (including phenoxy) is 1. The number of morpholine rings is 1. The zero-order valence-electron chi connectivity index (χ0n) is 12.0. The van der Waals surface area contributed by atoms with Gasteiger partial charge in [0.05, 0.1) is 12.2 Å². The van der Waals surface area contributed by atoms with E-state index in [0.29, 0.717) is 0 Å². The van der Waals surface area contributed by atoms with Crippen LogP contribution >= 0.6 is 0 Å². The Morgan fingerprint density at radius 1 is 1.00 bits per heavy atom. The summed E-state index contributed by atoms with van der Waals surface area (Å²) >= 11 is 0. The van der Waals surface area contributed by atoms with Crippen LogP contribution in [0.5, 0.6) is 0 Å². The van der Waals surface area contributed by atoms with Crippen molar-refractivity contribution in [2.75, 3.05) is 32.8 Å². The Bertz CT molecular complexity index is 334. The Kier molecular flexibility index (Phi) is 3.13. The molecule has 2 saturated carbocycles. The fourth-order valence-electron chi connectivity index (χ4n) is 5.39. The van der Waals surface area contributed by atoms with E-state index in [9.17, 15) is 0 Å². The van der Waals surface area contributed by atoms with E-state index in [0.717, 1.165) is 36.9 Å². The second-order valence-electron chi connectivity index (χ2n) is 7.49. The molecule has 0 aromatic rings. The molecular weight excluding hydrogens is 236 g/mol. The van der Waals surface area contributed by atoms with Gasteiger partial charge in [0.2, 0.25) is 0 Å². The van der Waals surface area contributed by atoms with Gasteiger partial charge in [0.25, 0.3) is 0 Å². The Labute approximate surface area is 116 Å². The highest BCUT2D eigenvalue weighted by atomic mass is 16.5. The summed E-state index contributed by atoms with van der Waals surface area (Å²) in [5, 5.41) is 7.22. The Morgan fingerprint density at radius 3 is 2.68 bits per heavy atom. The first-order valence-electron chi connectivity index (χ1n) is 8.38. The third kappa shape index (κ3) is 2.05. The molecule has 4 aliphatic rings. The Balaban J connectivity index is 1.47. The summed E-state index contributed by atoms with van der Waals surface area (Å²) in [6, 6.07) is 0. The van der Waals surface area contributed by atoms with Gasteiger partial charge < -0.3 is 15.4 Å². The number of rotatable bonds is 1. The molecule has 3 heteroatoms. The molecule has 2 saturated heterocycles. The van der Waals surface area contributed by atoms with Crippen molar-refractivity contribution in [3.8, 4) is 0 Å². The predicted octanol–water partition coefficient (Wildman–Crippen LogP) is 1.92. The topological polar surface area (TPSA) is 33.3 Å². The molecule has 2 spiro atoms. The summed E-state index contributed by atoms with van der Waals surface area (Å²) in [6.45, 7) is 5.58. The fraction of sp³-hybridized carbons (Fsp3) is 1.00. The minimum absolute atomic E-state index is 0.200. The molecule has 3 nitrogen and oxygen atoms in total. The molecular formula is C16H28N2O. The lowest BCUT2D eigenvalue weighted by Crippen LogP contribution is -2.52. The van der Waals surface area contributed by atoms with Gasteiger partial charge in [-0.3, -0.25) is 0 Å². The van der Waals surface area contributed by atoms with E-state index in [1.54, 1.807) is 0 Å². The van der Waals surface area contributed by atoms with Gasteiger partial charge in [0, 0.05) is 13.1 Å². The van der Waals surface area contributed by atoms with Crippen LogP contribution in [-0.2, 0) is 4.74 Å². The summed E-state index contributed by atoms with van der Waals surface area (Å²) in [4.78, 5) is 0. The molecule has 0 radical (unpaired) electrons. The van der Waals surface area contributed by atoms with Crippen LogP contribution in [0, 0.1) is 17.3 Å². The summed E-state index contributed by atoms with van der Waals surface area (Å²) < 4.78 is 6.18. The molecule has 19 heavy (non-hydrogen) atoms. The molecule has 0 amide bonds. The highest BCUT2D eigenvalue weighted by Gasteiger charge is 2.52. The Morgan fingerprint density at radius 2 is 1.95 bits per heavy atom. The molecule has 0 aromatic heterocycles. The average Bonchev–Trinajstić information content (AvgIpc) is 2.81. The van der Waals surface area contributed by atoms with Crippen molar-refractivity contribution in [2.45, 2.75) is 50.5 Å². The third-order valence-electron chi connectivity index (χ3n) is 6.61. The van der Waals surface area contributed by atoms with Crippen LogP contribution in [0.25, 0.3) is 0 Å². The lowest BCUT2D eigenvalue weighted by Gasteiger charge is -2.53. The predicted molar refractivity (Wildman–Crippen MR) is 76.2 cm³/mol. The van der Waals surface area contributed by atoms with Crippen LogP contribution in [0.2, 0.25) is 0 Å². The molecule has 2 aliphatic heterocycles. The standard InChI is InChI=1S/C16H28N2O/c1-3-15(4-1)6-7-17-11-14(15)13-2-5-16(10-13)12-18-8-9-19-16/h13-14,17-18H,1-12H2. The zero-order valence-corrected chi connectivity index (χ0v) is 12.0. The van der Waals surface area contributed by atoms with Gasteiger partial charge in [-0.15, -0.1) is 0 Å².